The lowest BCUT2D eigenvalue weighted by atomic mass is 9.97. The Kier molecular flexibility index (Phi) is 10.9. The lowest BCUT2D eigenvalue weighted by Crippen LogP contribution is -2.58. The van der Waals surface area contributed by atoms with E-state index in [-0.39, 0.29) is 30.6 Å². The van der Waals surface area contributed by atoms with Crippen LogP contribution in [0, 0.1) is 5.92 Å². The summed E-state index contributed by atoms with van der Waals surface area (Å²) in [6.45, 7) is 3.75. The third-order valence-electron chi connectivity index (χ3n) is 6.56. The molecule has 3 N–H and O–H groups in total. The fraction of sp³-hybridized carbons (Fsp3) is 0.393. The second kappa shape index (κ2) is 14.3. The van der Waals surface area contributed by atoms with Crippen LogP contribution in [0.25, 0.3) is 0 Å². The van der Waals surface area contributed by atoms with E-state index in [1.54, 1.807) is 30.3 Å². The summed E-state index contributed by atoms with van der Waals surface area (Å²) in [5.41, 5.74) is 1.48. The monoisotopic (exact) mass is 555 g/mol. The van der Waals surface area contributed by atoms with Crippen molar-refractivity contribution in [3.8, 4) is 0 Å². The van der Waals surface area contributed by atoms with Crippen LogP contribution >= 0.6 is 11.8 Å². The number of aliphatic carboxylic acids is 1. The Morgan fingerprint density at radius 3 is 2.21 bits per heavy atom. The second-order valence-electron chi connectivity index (χ2n) is 9.31. The van der Waals surface area contributed by atoms with Crippen LogP contribution in [0.5, 0.6) is 0 Å². The number of Topliss-reactive ketones (excluding diaryl/α,β-unsaturated/α-hetero) is 1. The molecule has 3 amide bonds. The first-order chi connectivity index (χ1) is 18.7. The molecule has 208 valence electrons. The Morgan fingerprint density at radius 2 is 1.62 bits per heavy atom. The largest absolute Gasteiger partial charge is 0.475 e. The number of nitrogens with zero attached hydrogens (tertiary/aromatic N) is 1. The average molecular weight is 556 g/mol. The molecule has 0 unspecified atom stereocenters. The minimum absolute atomic E-state index is 0.00414. The normalized spacial score (nSPS) is 17.0. The van der Waals surface area contributed by atoms with Gasteiger partial charge in [-0.05, 0) is 17.0 Å². The molecule has 0 bridgehead atoms. The highest BCUT2D eigenvalue weighted by atomic mass is 32.2. The van der Waals surface area contributed by atoms with Crippen LogP contribution in [0.4, 0.5) is 4.79 Å². The molecule has 39 heavy (non-hydrogen) atoms. The van der Waals surface area contributed by atoms with Crippen molar-refractivity contribution < 1.29 is 33.8 Å². The first-order valence-electron chi connectivity index (χ1n) is 12.7. The molecule has 1 fully saturated rings. The molecule has 0 saturated carbocycles. The lowest BCUT2D eigenvalue weighted by Gasteiger charge is -2.31. The van der Waals surface area contributed by atoms with Crippen molar-refractivity contribution in [1.29, 1.82) is 0 Å². The number of hydrogen-bond acceptors (Lipinski definition) is 7. The molecule has 0 spiro atoms. The van der Waals surface area contributed by atoms with Crippen molar-refractivity contribution in [2.75, 3.05) is 11.6 Å². The molecule has 1 aliphatic rings. The Balaban J connectivity index is 1.70. The number of hydrogen-bond donors (Lipinski definition) is 3. The summed E-state index contributed by atoms with van der Waals surface area (Å²) in [5.74, 6) is -3.65. The molecular formula is C28H33N3O7S. The summed E-state index contributed by atoms with van der Waals surface area (Å²) in [6.07, 6.45) is -0.171. The Hall–Kier alpha value is -3.86. The van der Waals surface area contributed by atoms with Gasteiger partial charge in [-0.2, -0.15) is 0 Å². The second-order valence-corrected chi connectivity index (χ2v) is 10.3. The van der Waals surface area contributed by atoms with Gasteiger partial charge in [0, 0.05) is 12.2 Å². The van der Waals surface area contributed by atoms with Crippen molar-refractivity contribution in [2.24, 2.45) is 5.92 Å². The highest BCUT2D eigenvalue weighted by Crippen LogP contribution is 2.24. The fourth-order valence-corrected chi connectivity index (χ4v) is 5.27. The van der Waals surface area contributed by atoms with Crippen LogP contribution in [0.1, 0.15) is 31.4 Å². The molecule has 11 heteroatoms. The Bertz CT molecular complexity index is 1160. The topological polar surface area (TPSA) is 142 Å². The number of ketones is 1. The van der Waals surface area contributed by atoms with E-state index in [0.29, 0.717) is 12.0 Å². The van der Waals surface area contributed by atoms with Crippen LogP contribution in [0.2, 0.25) is 0 Å². The number of carboxylic acids is 1. The van der Waals surface area contributed by atoms with Gasteiger partial charge in [-0.25, -0.2) is 9.59 Å². The van der Waals surface area contributed by atoms with Gasteiger partial charge in [-0.1, -0.05) is 80.9 Å². The molecule has 2 aromatic rings. The molecule has 1 saturated heterocycles. The first-order valence-corrected chi connectivity index (χ1v) is 13.8. The van der Waals surface area contributed by atoms with Gasteiger partial charge in [-0.3, -0.25) is 14.4 Å². The van der Waals surface area contributed by atoms with Gasteiger partial charge in [0.25, 0.3) is 5.78 Å². The van der Waals surface area contributed by atoms with Crippen molar-refractivity contribution in [3.05, 3.63) is 71.8 Å². The van der Waals surface area contributed by atoms with E-state index in [0.717, 1.165) is 5.56 Å². The number of rotatable bonds is 12. The molecule has 1 heterocycles. The van der Waals surface area contributed by atoms with E-state index < -0.39 is 47.8 Å². The van der Waals surface area contributed by atoms with E-state index in [1.807, 2.05) is 44.2 Å². The number of ether oxygens (including phenoxy) is 1. The molecule has 10 nitrogen and oxygen atoms in total. The lowest BCUT2D eigenvalue weighted by molar-refractivity contribution is -0.150. The number of carbonyl (C=O) groups excluding carboxylic acids is 4. The van der Waals surface area contributed by atoms with Crippen LogP contribution in [0.15, 0.2) is 60.7 Å². The van der Waals surface area contributed by atoms with Gasteiger partial charge >= 0.3 is 12.1 Å². The predicted molar refractivity (Wildman–Crippen MR) is 146 cm³/mol. The summed E-state index contributed by atoms with van der Waals surface area (Å²) in [7, 11) is 0. The molecule has 1 aliphatic heterocycles. The highest BCUT2D eigenvalue weighted by Gasteiger charge is 2.41. The zero-order valence-electron chi connectivity index (χ0n) is 21.9. The van der Waals surface area contributed by atoms with Crippen molar-refractivity contribution >= 4 is 41.4 Å². The number of nitrogens with one attached hydrogen (secondary N) is 2. The van der Waals surface area contributed by atoms with Gasteiger partial charge in [0.05, 0.1) is 5.88 Å². The number of benzene rings is 2. The molecule has 0 radical (unpaired) electrons. The van der Waals surface area contributed by atoms with E-state index >= 15 is 0 Å². The van der Waals surface area contributed by atoms with E-state index in [4.69, 9.17) is 4.74 Å². The summed E-state index contributed by atoms with van der Waals surface area (Å²) >= 11 is 1.35. The standard InChI is InChI=1S/C28H33N3O7S/c1-3-18(2)23(30-28(37)38-15-20-12-8-5-9-13-20)26(34)31-17-39-16-22(31)25(33)29-21(24(32)27(35)36)14-19-10-6-4-7-11-19/h4-13,18,21-23H,3,14-17H2,1-2H3,(H,29,33)(H,30,37)(H,35,36)/t18-,21-,22-,23-/m0/s1. The van der Waals surface area contributed by atoms with Gasteiger partial charge in [0.15, 0.2) is 0 Å². The Labute approximate surface area is 231 Å². The summed E-state index contributed by atoms with van der Waals surface area (Å²) < 4.78 is 5.30. The van der Waals surface area contributed by atoms with Crippen molar-refractivity contribution in [2.45, 2.75) is 51.4 Å². The minimum atomic E-state index is -1.65. The number of thioether (sulfide) groups is 1. The number of carboxylic acid groups (broad SMARTS) is 1. The van der Waals surface area contributed by atoms with Gasteiger partial charge in [-0.15, -0.1) is 11.8 Å². The number of amides is 3. The molecule has 0 aromatic heterocycles. The summed E-state index contributed by atoms with van der Waals surface area (Å²) in [6, 6.07) is 14.7. The maximum absolute atomic E-state index is 13.6. The van der Waals surface area contributed by atoms with Crippen LogP contribution < -0.4 is 10.6 Å². The number of carbonyl (C=O) groups is 5. The molecule has 0 aliphatic carbocycles. The highest BCUT2D eigenvalue weighted by molar-refractivity contribution is 7.99. The quantitative estimate of drug-likeness (QED) is 0.339. The third-order valence-corrected chi connectivity index (χ3v) is 7.57. The Morgan fingerprint density at radius 1 is 1.00 bits per heavy atom. The predicted octanol–water partition coefficient (Wildman–Crippen LogP) is 2.61. The minimum Gasteiger partial charge on any atom is -0.475 e. The van der Waals surface area contributed by atoms with E-state index in [9.17, 15) is 29.1 Å². The molecule has 2 aromatic carbocycles. The first kappa shape index (κ1) is 29.7. The maximum atomic E-state index is 13.6. The SMILES string of the molecule is CC[C@H](C)[C@H](NC(=O)OCc1ccccc1)C(=O)N1CSC[C@H]1C(=O)N[C@@H](Cc1ccccc1)C(=O)C(=O)O. The van der Waals surface area contributed by atoms with Crippen LogP contribution in [0.3, 0.4) is 0 Å². The summed E-state index contributed by atoms with van der Waals surface area (Å²) in [4.78, 5) is 64.6. The smallest absolute Gasteiger partial charge is 0.408 e. The van der Waals surface area contributed by atoms with E-state index in [2.05, 4.69) is 10.6 Å². The molecule has 3 rings (SSSR count). The van der Waals surface area contributed by atoms with Gasteiger partial charge in [0.1, 0.15) is 24.7 Å². The third kappa shape index (κ3) is 8.31. The maximum Gasteiger partial charge on any atom is 0.408 e. The van der Waals surface area contributed by atoms with Crippen molar-refractivity contribution in [3.63, 3.8) is 0 Å². The fourth-order valence-electron chi connectivity index (χ4n) is 4.11. The summed E-state index contributed by atoms with van der Waals surface area (Å²) in [5, 5.41) is 14.5. The zero-order valence-corrected chi connectivity index (χ0v) is 22.7. The van der Waals surface area contributed by atoms with Crippen LogP contribution in [-0.2, 0) is 36.9 Å². The zero-order chi connectivity index (χ0) is 28.4. The van der Waals surface area contributed by atoms with Crippen LogP contribution in [-0.4, -0.2) is 69.4 Å². The number of alkyl carbamates (subject to hydrolysis) is 1. The van der Waals surface area contributed by atoms with Gasteiger partial charge < -0.3 is 25.4 Å². The molecular weight excluding hydrogens is 522 g/mol. The van der Waals surface area contributed by atoms with Gasteiger partial charge in [0.2, 0.25) is 11.8 Å². The van der Waals surface area contributed by atoms with Crippen molar-refractivity contribution in [1.82, 2.24) is 15.5 Å². The van der Waals surface area contributed by atoms with E-state index in [1.165, 1.54) is 16.7 Å². The average Bonchev–Trinajstić information content (AvgIpc) is 3.44. The molecule has 4 atom stereocenters.